The average molecular weight is 395 g/mol. The Labute approximate surface area is 170 Å². The number of para-hydroxylation sites is 1. The standard InChI is InChI=1S/C22H25N3O4/c1-2-3-15-29-21(27)17-9-11-18(12-10-17)23-20(26)16-24-13-14-25(22(24)28)19-7-5-4-6-8-19/h4-12H,2-3,13-16H2,1H3,(H,23,26). The normalized spacial score (nSPS) is 13.5. The van der Waals surface area contributed by atoms with Gasteiger partial charge in [-0.2, -0.15) is 0 Å². The molecule has 2 aromatic rings. The average Bonchev–Trinajstić information content (AvgIpc) is 3.09. The molecule has 1 aliphatic heterocycles. The molecule has 0 spiro atoms. The number of urea groups is 1. The highest BCUT2D eigenvalue weighted by molar-refractivity contribution is 5.99. The lowest BCUT2D eigenvalue weighted by molar-refractivity contribution is -0.116. The third kappa shape index (κ3) is 5.34. The molecule has 3 rings (SSSR count). The minimum atomic E-state index is -0.375. The molecule has 0 bridgehead atoms. The van der Waals surface area contributed by atoms with Crippen LogP contribution in [0.4, 0.5) is 16.2 Å². The van der Waals surface area contributed by atoms with Crippen LogP contribution in [0.1, 0.15) is 30.1 Å². The van der Waals surface area contributed by atoms with E-state index < -0.39 is 0 Å². The zero-order chi connectivity index (χ0) is 20.6. The number of ether oxygens (including phenoxy) is 1. The Morgan fingerprint density at radius 3 is 2.45 bits per heavy atom. The molecule has 0 radical (unpaired) electrons. The van der Waals surface area contributed by atoms with Gasteiger partial charge < -0.3 is 15.0 Å². The second-order valence-electron chi connectivity index (χ2n) is 6.81. The maximum atomic E-state index is 12.5. The van der Waals surface area contributed by atoms with Crippen molar-refractivity contribution >= 4 is 29.3 Å². The molecular formula is C22H25N3O4. The number of hydrogen-bond donors (Lipinski definition) is 1. The summed E-state index contributed by atoms with van der Waals surface area (Å²) in [5.74, 6) is -0.661. The van der Waals surface area contributed by atoms with Crippen LogP contribution in [0, 0.1) is 0 Å². The molecule has 0 unspecified atom stereocenters. The molecule has 1 saturated heterocycles. The van der Waals surface area contributed by atoms with Crippen molar-refractivity contribution < 1.29 is 19.1 Å². The van der Waals surface area contributed by atoms with E-state index in [0.29, 0.717) is 30.9 Å². The lowest BCUT2D eigenvalue weighted by atomic mass is 10.2. The van der Waals surface area contributed by atoms with Gasteiger partial charge in [-0.05, 0) is 42.8 Å². The van der Waals surface area contributed by atoms with Gasteiger partial charge >= 0.3 is 12.0 Å². The zero-order valence-corrected chi connectivity index (χ0v) is 16.5. The number of carbonyl (C=O) groups excluding carboxylic acids is 3. The molecule has 29 heavy (non-hydrogen) atoms. The number of rotatable bonds is 8. The van der Waals surface area contributed by atoms with Crippen molar-refractivity contribution in [1.29, 1.82) is 0 Å². The monoisotopic (exact) mass is 395 g/mol. The van der Waals surface area contributed by atoms with Crippen molar-refractivity contribution in [2.24, 2.45) is 0 Å². The number of benzene rings is 2. The Morgan fingerprint density at radius 2 is 1.76 bits per heavy atom. The van der Waals surface area contributed by atoms with E-state index >= 15 is 0 Å². The number of hydrogen-bond acceptors (Lipinski definition) is 4. The van der Waals surface area contributed by atoms with E-state index in [1.807, 2.05) is 37.3 Å². The quantitative estimate of drug-likeness (QED) is 0.548. The Hall–Kier alpha value is -3.35. The highest BCUT2D eigenvalue weighted by Crippen LogP contribution is 2.19. The largest absolute Gasteiger partial charge is 0.462 e. The summed E-state index contributed by atoms with van der Waals surface area (Å²) in [6.07, 6.45) is 1.79. The fourth-order valence-corrected chi connectivity index (χ4v) is 3.03. The molecule has 0 atom stereocenters. The summed E-state index contributed by atoms with van der Waals surface area (Å²) < 4.78 is 5.16. The van der Waals surface area contributed by atoms with Crippen LogP contribution in [0.5, 0.6) is 0 Å². The third-order valence-electron chi connectivity index (χ3n) is 4.63. The minimum absolute atomic E-state index is 0.0248. The SMILES string of the molecule is CCCCOC(=O)c1ccc(NC(=O)CN2CCN(c3ccccc3)C2=O)cc1. The summed E-state index contributed by atoms with van der Waals surface area (Å²) in [4.78, 5) is 40.0. The van der Waals surface area contributed by atoms with E-state index in [0.717, 1.165) is 18.5 Å². The number of nitrogens with one attached hydrogen (secondary N) is 1. The van der Waals surface area contributed by atoms with Crippen LogP contribution in [0.3, 0.4) is 0 Å². The predicted molar refractivity (Wildman–Crippen MR) is 111 cm³/mol. The molecule has 1 fully saturated rings. The topological polar surface area (TPSA) is 79.0 Å². The van der Waals surface area contributed by atoms with Gasteiger partial charge in [-0.1, -0.05) is 31.5 Å². The first-order valence-corrected chi connectivity index (χ1v) is 9.77. The molecule has 0 aliphatic carbocycles. The number of nitrogens with zero attached hydrogens (tertiary/aromatic N) is 2. The Morgan fingerprint density at radius 1 is 1.03 bits per heavy atom. The predicted octanol–water partition coefficient (Wildman–Crippen LogP) is 3.52. The van der Waals surface area contributed by atoms with Gasteiger partial charge in [-0.3, -0.25) is 9.69 Å². The van der Waals surface area contributed by atoms with Crippen LogP contribution in [0.2, 0.25) is 0 Å². The van der Waals surface area contributed by atoms with E-state index in [9.17, 15) is 14.4 Å². The number of carbonyl (C=O) groups is 3. The molecule has 3 amide bonds. The molecule has 2 aromatic carbocycles. The van der Waals surface area contributed by atoms with Crippen LogP contribution in [-0.4, -0.2) is 49.0 Å². The molecule has 7 nitrogen and oxygen atoms in total. The highest BCUT2D eigenvalue weighted by atomic mass is 16.5. The van der Waals surface area contributed by atoms with E-state index in [1.165, 1.54) is 4.90 Å². The maximum absolute atomic E-state index is 12.5. The van der Waals surface area contributed by atoms with E-state index in [2.05, 4.69) is 5.32 Å². The Balaban J connectivity index is 1.51. The van der Waals surface area contributed by atoms with Gasteiger partial charge in [0.25, 0.3) is 0 Å². The molecule has 0 aromatic heterocycles. The van der Waals surface area contributed by atoms with Gasteiger partial charge in [0.1, 0.15) is 6.54 Å². The lowest BCUT2D eigenvalue weighted by Gasteiger charge is -2.18. The van der Waals surface area contributed by atoms with Crippen LogP contribution in [0.25, 0.3) is 0 Å². The van der Waals surface area contributed by atoms with Gasteiger partial charge in [-0.15, -0.1) is 0 Å². The molecule has 1 heterocycles. The van der Waals surface area contributed by atoms with Crippen molar-refractivity contribution in [3.05, 3.63) is 60.2 Å². The Kier molecular flexibility index (Phi) is 6.84. The summed E-state index contributed by atoms with van der Waals surface area (Å²) in [6, 6.07) is 15.7. The van der Waals surface area contributed by atoms with E-state index in [1.54, 1.807) is 29.2 Å². The van der Waals surface area contributed by atoms with Crippen molar-refractivity contribution in [3.8, 4) is 0 Å². The van der Waals surface area contributed by atoms with Crippen LogP contribution >= 0.6 is 0 Å². The summed E-state index contributed by atoms with van der Waals surface area (Å²) in [6.45, 7) is 3.44. The smallest absolute Gasteiger partial charge is 0.338 e. The first-order chi connectivity index (χ1) is 14.1. The molecule has 7 heteroatoms. The first-order valence-electron chi connectivity index (χ1n) is 9.77. The zero-order valence-electron chi connectivity index (χ0n) is 16.5. The van der Waals surface area contributed by atoms with Crippen molar-refractivity contribution in [1.82, 2.24) is 4.90 Å². The van der Waals surface area contributed by atoms with Gasteiger partial charge in [0.15, 0.2) is 0 Å². The summed E-state index contributed by atoms with van der Waals surface area (Å²) >= 11 is 0. The molecule has 152 valence electrons. The van der Waals surface area contributed by atoms with Crippen LogP contribution in [0.15, 0.2) is 54.6 Å². The highest BCUT2D eigenvalue weighted by Gasteiger charge is 2.30. The molecule has 1 aliphatic rings. The van der Waals surface area contributed by atoms with Crippen molar-refractivity contribution in [2.75, 3.05) is 36.5 Å². The van der Waals surface area contributed by atoms with Gasteiger partial charge in [0.2, 0.25) is 5.91 Å². The van der Waals surface area contributed by atoms with Crippen LogP contribution < -0.4 is 10.2 Å². The minimum Gasteiger partial charge on any atom is -0.462 e. The summed E-state index contributed by atoms with van der Waals surface area (Å²) in [5.41, 5.74) is 1.82. The van der Waals surface area contributed by atoms with E-state index in [4.69, 9.17) is 4.74 Å². The Bertz CT molecular complexity index is 852. The summed E-state index contributed by atoms with van der Waals surface area (Å²) in [5, 5.41) is 2.76. The summed E-state index contributed by atoms with van der Waals surface area (Å²) in [7, 11) is 0. The lowest BCUT2D eigenvalue weighted by Crippen LogP contribution is -2.37. The number of esters is 1. The second kappa shape index (κ2) is 9.73. The molecule has 0 saturated carbocycles. The fourth-order valence-electron chi connectivity index (χ4n) is 3.03. The third-order valence-corrected chi connectivity index (χ3v) is 4.63. The molecular weight excluding hydrogens is 370 g/mol. The van der Waals surface area contributed by atoms with Crippen molar-refractivity contribution in [3.63, 3.8) is 0 Å². The van der Waals surface area contributed by atoms with Gasteiger partial charge in [0, 0.05) is 24.5 Å². The van der Waals surface area contributed by atoms with E-state index in [-0.39, 0.29) is 24.5 Å². The van der Waals surface area contributed by atoms with Gasteiger partial charge in [-0.25, -0.2) is 9.59 Å². The fraction of sp³-hybridized carbons (Fsp3) is 0.318. The number of unbranched alkanes of at least 4 members (excludes halogenated alkanes) is 1. The van der Waals surface area contributed by atoms with Gasteiger partial charge in [0.05, 0.1) is 12.2 Å². The molecule has 1 N–H and O–H groups in total. The van der Waals surface area contributed by atoms with Crippen molar-refractivity contribution in [2.45, 2.75) is 19.8 Å². The maximum Gasteiger partial charge on any atom is 0.338 e. The first kappa shape index (κ1) is 20.4. The number of amides is 3. The second-order valence-corrected chi connectivity index (χ2v) is 6.81. The van der Waals surface area contributed by atoms with Crippen LogP contribution in [-0.2, 0) is 9.53 Å². The number of anilines is 2.